The van der Waals surface area contributed by atoms with Crippen LogP contribution in [0, 0.1) is 11.7 Å². The van der Waals surface area contributed by atoms with Gasteiger partial charge in [0, 0.05) is 6.42 Å². The van der Waals surface area contributed by atoms with Crippen molar-refractivity contribution in [3.05, 3.63) is 35.6 Å². The molecule has 3 nitrogen and oxygen atoms in total. The molecule has 1 aliphatic heterocycles. The van der Waals surface area contributed by atoms with E-state index < -0.39 is 0 Å². The van der Waals surface area contributed by atoms with Crippen LogP contribution in [-0.2, 0) is 9.53 Å². The van der Waals surface area contributed by atoms with Crippen LogP contribution in [0.3, 0.4) is 0 Å². The van der Waals surface area contributed by atoms with Crippen molar-refractivity contribution in [1.29, 1.82) is 0 Å². The highest BCUT2D eigenvalue weighted by atomic mass is 19.1. The van der Waals surface area contributed by atoms with E-state index in [4.69, 9.17) is 4.74 Å². The van der Waals surface area contributed by atoms with Crippen molar-refractivity contribution < 1.29 is 13.9 Å². The molecule has 1 aromatic carbocycles. The number of rotatable bonds is 5. The monoisotopic (exact) mass is 321 g/mol. The van der Waals surface area contributed by atoms with Crippen LogP contribution in [0.1, 0.15) is 52.0 Å². The van der Waals surface area contributed by atoms with Gasteiger partial charge in [-0.3, -0.25) is 4.79 Å². The molecule has 3 unspecified atom stereocenters. The first-order valence-corrected chi connectivity index (χ1v) is 8.52. The van der Waals surface area contributed by atoms with Crippen molar-refractivity contribution in [3.8, 4) is 0 Å². The van der Waals surface area contributed by atoms with Crippen LogP contribution < -0.4 is 0 Å². The van der Waals surface area contributed by atoms with Gasteiger partial charge in [-0.2, -0.15) is 0 Å². The highest BCUT2D eigenvalue weighted by molar-refractivity contribution is 5.78. The Balaban J connectivity index is 2.13. The van der Waals surface area contributed by atoms with Crippen LogP contribution in [0.4, 0.5) is 4.39 Å². The van der Waals surface area contributed by atoms with E-state index in [2.05, 4.69) is 13.8 Å². The van der Waals surface area contributed by atoms with Crippen LogP contribution >= 0.6 is 0 Å². The van der Waals surface area contributed by atoms with Crippen molar-refractivity contribution >= 4 is 5.91 Å². The molecule has 4 heteroatoms. The van der Waals surface area contributed by atoms with Gasteiger partial charge < -0.3 is 9.64 Å². The molecule has 128 valence electrons. The maximum Gasteiger partial charge on any atom is 0.223 e. The first-order chi connectivity index (χ1) is 10.9. The zero-order chi connectivity index (χ0) is 17.0. The molecular weight excluding hydrogens is 293 g/mol. The average Bonchev–Trinajstić information content (AvgIpc) is 2.46. The Morgan fingerprint density at radius 3 is 2.30 bits per heavy atom. The number of amides is 1. The lowest BCUT2D eigenvalue weighted by Crippen LogP contribution is -2.52. The number of hydrogen-bond donors (Lipinski definition) is 0. The normalized spacial score (nSPS) is 23.1. The maximum atomic E-state index is 13.2. The summed E-state index contributed by atoms with van der Waals surface area (Å²) in [7, 11) is 0. The van der Waals surface area contributed by atoms with E-state index in [0.717, 1.165) is 12.0 Å². The van der Waals surface area contributed by atoms with E-state index in [1.54, 1.807) is 0 Å². The van der Waals surface area contributed by atoms with E-state index >= 15 is 0 Å². The van der Waals surface area contributed by atoms with Gasteiger partial charge in [-0.25, -0.2) is 4.39 Å². The molecule has 0 spiro atoms. The van der Waals surface area contributed by atoms with Crippen molar-refractivity contribution in [2.75, 3.05) is 13.2 Å². The Kier molecular flexibility index (Phi) is 6.17. The lowest BCUT2D eigenvalue weighted by molar-refractivity contribution is -0.144. The smallest absolute Gasteiger partial charge is 0.223 e. The number of morpholine rings is 1. The highest BCUT2D eigenvalue weighted by Crippen LogP contribution is 2.29. The standard InChI is InChI=1S/C19H28FNO2/c1-13(2)9-17(16-5-7-18(20)8-6-16)10-19(22)21-14(3)11-23-12-15(21)4/h5-8,13-15,17H,9-12H2,1-4H3. The van der Waals surface area contributed by atoms with Gasteiger partial charge >= 0.3 is 0 Å². The molecule has 1 aromatic rings. The molecule has 1 amide bonds. The van der Waals surface area contributed by atoms with Crippen LogP contribution in [0.2, 0.25) is 0 Å². The molecule has 1 heterocycles. The quantitative estimate of drug-likeness (QED) is 0.821. The molecule has 1 aliphatic rings. The van der Waals surface area contributed by atoms with Gasteiger partial charge in [-0.05, 0) is 49.8 Å². The number of halogens is 1. The summed E-state index contributed by atoms with van der Waals surface area (Å²) in [5.74, 6) is 0.546. The Morgan fingerprint density at radius 2 is 1.78 bits per heavy atom. The first-order valence-electron chi connectivity index (χ1n) is 8.52. The van der Waals surface area contributed by atoms with E-state index in [9.17, 15) is 9.18 Å². The second-order valence-electron chi connectivity index (χ2n) is 7.12. The molecule has 1 fully saturated rings. The van der Waals surface area contributed by atoms with E-state index in [-0.39, 0.29) is 29.7 Å². The van der Waals surface area contributed by atoms with Gasteiger partial charge in [-0.1, -0.05) is 26.0 Å². The second kappa shape index (κ2) is 7.91. The second-order valence-corrected chi connectivity index (χ2v) is 7.12. The van der Waals surface area contributed by atoms with E-state index in [1.807, 2.05) is 30.9 Å². The summed E-state index contributed by atoms with van der Waals surface area (Å²) in [5.41, 5.74) is 1.04. The molecule has 0 saturated carbocycles. The number of nitrogens with zero attached hydrogens (tertiary/aromatic N) is 1. The summed E-state index contributed by atoms with van der Waals surface area (Å²) in [6, 6.07) is 6.79. The lowest BCUT2D eigenvalue weighted by atomic mass is 9.87. The zero-order valence-corrected chi connectivity index (χ0v) is 14.6. The van der Waals surface area contributed by atoms with Crippen LogP contribution in [0.5, 0.6) is 0 Å². The minimum Gasteiger partial charge on any atom is -0.377 e. The number of carbonyl (C=O) groups is 1. The lowest BCUT2D eigenvalue weighted by Gasteiger charge is -2.39. The molecule has 0 aromatic heterocycles. The third-order valence-electron chi connectivity index (χ3n) is 4.47. The molecule has 0 aliphatic carbocycles. The fraction of sp³-hybridized carbons (Fsp3) is 0.632. The summed E-state index contributed by atoms with van der Waals surface area (Å²) in [4.78, 5) is 14.8. The van der Waals surface area contributed by atoms with Crippen LogP contribution in [-0.4, -0.2) is 36.1 Å². The van der Waals surface area contributed by atoms with Gasteiger partial charge in [0.05, 0.1) is 25.3 Å². The predicted molar refractivity (Wildman–Crippen MR) is 89.8 cm³/mol. The topological polar surface area (TPSA) is 29.5 Å². The summed E-state index contributed by atoms with van der Waals surface area (Å²) in [5, 5.41) is 0. The fourth-order valence-corrected chi connectivity index (χ4v) is 3.45. The number of ether oxygens (including phenoxy) is 1. The van der Waals surface area contributed by atoms with Gasteiger partial charge in [0.25, 0.3) is 0 Å². The minimum absolute atomic E-state index is 0.110. The fourth-order valence-electron chi connectivity index (χ4n) is 3.45. The van der Waals surface area contributed by atoms with Gasteiger partial charge in [0.15, 0.2) is 0 Å². The number of carbonyl (C=O) groups excluding carboxylic acids is 1. The molecule has 1 saturated heterocycles. The maximum absolute atomic E-state index is 13.2. The molecule has 3 atom stereocenters. The first kappa shape index (κ1) is 17.9. The summed E-state index contributed by atoms with van der Waals surface area (Å²) < 4.78 is 18.7. The Morgan fingerprint density at radius 1 is 1.22 bits per heavy atom. The molecule has 0 N–H and O–H groups in total. The minimum atomic E-state index is -0.237. The third-order valence-corrected chi connectivity index (χ3v) is 4.47. The predicted octanol–water partition coefficient (Wildman–Crippen LogP) is 3.98. The van der Waals surface area contributed by atoms with E-state index in [1.165, 1.54) is 12.1 Å². The van der Waals surface area contributed by atoms with Gasteiger partial charge in [0.2, 0.25) is 5.91 Å². The van der Waals surface area contributed by atoms with Crippen molar-refractivity contribution in [1.82, 2.24) is 4.90 Å². The Hall–Kier alpha value is -1.42. The molecule has 0 bridgehead atoms. The van der Waals surface area contributed by atoms with Gasteiger partial charge in [0.1, 0.15) is 5.82 Å². The third kappa shape index (κ3) is 4.77. The molecule has 0 radical (unpaired) electrons. The van der Waals surface area contributed by atoms with Crippen molar-refractivity contribution in [3.63, 3.8) is 0 Å². The number of hydrogen-bond acceptors (Lipinski definition) is 2. The van der Waals surface area contributed by atoms with E-state index in [0.29, 0.717) is 25.6 Å². The summed E-state index contributed by atoms with van der Waals surface area (Å²) >= 11 is 0. The highest BCUT2D eigenvalue weighted by Gasteiger charge is 2.31. The van der Waals surface area contributed by atoms with Crippen molar-refractivity contribution in [2.45, 2.75) is 58.5 Å². The Labute approximate surface area is 138 Å². The molecule has 23 heavy (non-hydrogen) atoms. The largest absolute Gasteiger partial charge is 0.377 e. The molecular formula is C19H28FNO2. The van der Waals surface area contributed by atoms with Crippen LogP contribution in [0.15, 0.2) is 24.3 Å². The zero-order valence-electron chi connectivity index (χ0n) is 14.6. The number of benzene rings is 1. The summed E-state index contributed by atoms with van der Waals surface area (Å²) in [6.07, 6.45) is 1.39. The average molecular weight is 321 g/mol. The van der Waals surface area contributed by atoms with Crippen LogP contribution in [0.25, 0.3) is 0 Å². The SMILES string of the molecule is CC(C)CC(CC(=O)N1C(C)COCC1C)c1ccc(F)cc1. The van der Waals surface area contributed by atoms with Crippen molar-refractivity contribution in [2.24, 2.45) is 5.92 Å². The van der Waals surface area contributed by atoms with Gasteiger partial charge in [-0.15, -0.1) is 0 Å². The summed E-state index contributed by atoms with van der Waals surface area (Å²) in [6.45, 7) is 9.57. The Bertz CT molecular complexity index is 505. The molecule has 2 rings (SSSR count).